The van der Waals surface area contributed by atoms with Crippen molar-refractivity contribution < 1.29 is 28.6 Å². The van der Waals surface area contributed by atoms with Crippen LogP contribution in [0.25, 0.3) is 0 Å². The molecule has 6 heteroatoms. The maximum atomic E-state index is 12.7. The van der Waals surface area contributed by atoms with Crippen LogP contribution in [-0.4, -0.2) is 37.2 Å². The largest absolute Gasteiger partial charge is 0.462 e. The number of allylic oxidation sites excluding steroid dienone is 8. The molecule has 0 aliphatic heterocycles. The molecule has 0 fully saturated rings. The van der Waals surface area contributed by atoms with Crippen LogP contribution >= 0.6 is 0 Å². The number of ether oxygens (including phenoxy) is 3. The van der Waals surface area contributed by atoms with Crippen LogP contribution in [0.5, 0.6) is 0 Å². The summed E-state index contributed by atoms with van der Waals surface area (Å²) in [5.41, 5.74) is 0. The lowest BCUT2D eigenvalue weighted by atomic mass is 10.1. The fourth-order valence-electron chi connectivity index (χ4n) is 6.05. The van der Waals surface area contributed by atoms with Gasteiger partial charge in [0, 0.05) is 19.3 Å². The predicted molar refractivity (Wildman–Crippen MR) is 229 cm³/mol. The Bertz CT molecular complexity index is 964. The number of rotatable bonds is 40. The summed E-state index contributed by atoms with van der Waals surface area (Å²) in [5.74, 6) is -0.948. The van der Waals surface area contributed by atoms with Crippen molar-refractivity contribution in [1.29, 1.82) is 0 Å². The molecule has 0 bridgehead atoms. The first kappa shape index (κ1) is 51.4. The van der Waals surface area contributed by atoms with Crippen LogP contribution in [0, 0.1) is 0 Å². The summed E-state index contributed by atoms with van der Waals surface area (Å²) < 4.78 is 16.6. The van der Waals surface area contributed by atoms with E-state index in [4.69, 9.17) is 14.2 Å². The first-order valence-electron chi connectivity index (χ1n) is 22.7. The molecule has 0 aliphatic rings. The summed E-state index contributed by atoms with van der Waals surface area (Å²) in [5, 5.41) is 0. The molecule has 0 rings (SSSR count). The zero-order valence-electron chi connectivity index (χ0n) is 35.5. The average Bonchev–Trinajstić information content (AvgIpc) is 3.17. The van der Waals surface area contributed by atoms with E-state index in [1.54, 1.807) is 0 Å². The van der Waals surface area contributed by atoms with E-state index in [0.717, 1.165) is 96.3 Å². The van der Waals surface area contributed by atoms with E-state index in [-0.39, 0.29) is 31.1 Å². The molecule has 1 atom stereocenters. The van der Waals surface area contributed by atoms with Gasteiger partial charge in [-0.15, -0.1) is 0 Å². The van der Waals surface area contributed by atoms with Crippen molar-refractivity contribution in [3.8, 4) is 0 Å². The Hall–Kier alpha value is -2.63. The first-order chi connectivity index (χ1) is 26.5. The second kappa shape index (κ2) is 43.1. The van der Waals surface area contributed by atoms with E-state index in [9.17, 15) is 14.4 Å². The standard InChI is InChI=1S/C48H84O6/c1-4-7-10-13-16-19-22-24-27-29-32-35-38-41-47(50)53-44-45(43-52-46(49)40-37-34-31-28-25-21-18-15-12-9-6-3)54-48(51)42-39-36-33-30-26-23-20-17-14-11-8-5-2/h15,17-18,20-21,24-25,27,45H,4-14,16,19,22-23,26,28-44H2,1-3H3/b18-15-,20-17-,25-21-,27-24-. The summed E-state index contributed by atoms with van der Waals surface area (Å²) >= 11 is 0. The number of hydrogen-bond acceptors (Lipinski definition) is 6. The van der Waals surface area contributed by atoms with Crippen molar-refractivity contribution >= 4 is 17.9 Å². The van der Waals surface area contributed by atoms with Gasteiger partial charge in [0.05, 0.1) is 0 Å². The van der Waals surface area contributed by atoms with Gasteiger partial charge in [-0.3, -0.25) is 14.4 Å². The third kappa shape index (κ3) is 40.6. The van der Waals surface area contributed by atoms with Crippen LogP contribution in [0.4, 0.5) is 0 Å². The highest BCUT2D eigenvalue weighted by Gasteiger charge is 2.19. The van der Waals surface area contributed by atoms with E-state index in [1.165, 1.54) is 83.5 Å². The van der Waals surface area contributed by atoms with Crippen LogP contribution in [0.1, 0.15) is 220 Å². The average molecular weight is 757 g/mol. The maximum Gasteiger partial charge on any atom is 0.306 e. The molecule has 0 radical (unpaired) electrons. The zero-order valence-corrected chi connectivity index (χ0v) is 35.5. The summed E-state index contributed by atoms with van der Waals surface area (Å²) in [4.78, 5) is 37.7. The first-order valence-corrected chi connectivity index (χ1v) is 22.7. The number of carbonyl (C=O) groups is 3. The molecule has 0 spiro atoms. The third-order valence-corrected chi connectivity index (χ3v) is 9.55. The Morgan fingerprint density at radius 2 is 0.685 bits per heavy atom. The van der Waals surface area contributed by atoms with Crippen molar-refractivity contribution in [1.82, 2.24) is 0 Å². The minimum absolute atomic E-state index is 0.0930. The second-order valence-electron chi connectivity index (χ2n) is 15.0. The monoisotopic (exact) mass is 757 g/mol. The van der Waals surface area contributed by atoms with Crippen LogP contribution in [0.2, 0.25) is 0 Å². The van der Waals surface area contributed by atoms with Gasteiger partial charge in [0.15, 0.2) is 6.10 Å². The highest BCUT2D eigenvalue weighted by atomic mass is 16.6. The fraction of sp³-hybridized carbons (Fsp3) is 0.771. The lowest BCUT2D eigenvalue weighted by molar-refractivity contribution is -0.167. The van der Waals surface area contributed by atoms with Crippen molar-refractivity contribution in [2.75, 3.05) is 13.2 Å². The Balaban J connectivity index is 4.45. The van der Waals surface area contributed by atoms with Crippen LogP contribution in [0.3, 0.4) is 0 Å². The Kier molecular flexibility index (Phi) is 41.0. The zero-order chi connectivity index (χ0) is 39.4. The van der Waals surface area contributed by atoms with E-state index in [1.807, 2.05) is 0 Å². The van der Waals surface area contributed by atoms with E-state index >= 15 is 0 Å². The Morgan fingerprint density at radius 1 is 0.370 bits per heavy atom. The maximum absolute atomic E-state index is 12.7. The molecule has 0 aromatic heterocycles. The smallest absolute Gasteiger partial charge is 0.306 e. The van der Waals surface area contributed by atoms with E-state index < -0.39 is 6.10 Å². The quantitative estimate of drug-likeness (QED) is 0.0204. The molecule has 0 aromatic rings. The molecule has 312 valence electrons. The molecule has 6 nitrogen and oxygen atoms in total. The number of carbonyl (C=O) groups excluding carboxylic acids is 3. The molecule has 0 saturated carbocycles. The fourth-order valence-corrected chi connectivity index (χ4v) is 6.05. The summed E-state index contributed by atoms with van der Waals surface area (Å²) in [6.45, 7) is 6.49. The predicted octanol–water partition coefficient (Wildman–Crippen LogP) is 14.4. The summed E-state index contributed by atoms with van der Waals surface area (Å²) in [7, 11) is 0. The van der Waals surface area contributed by atoms with Crippen molar-refractivity contribution in [2.45, 2.75) is 226 Å². The van der Waals surface area contributed by atoms with Crippen molar-refractivity contribution in [2.24, 2.45) is 0 Å². The van der Waals surface area contributed by atoms with Crippen LogP contribution < -0.4 is 0 Å². The van der Waals surface area contributed by atoms with Gasteiger partial charge in [-0.25, -0.2) is 0 Å². The summed E-state index contributed by atoms with van der Waals surface area (Å²) in [6, 6.07) is 0. The Labute approximate surface area is 333 Å². The molecule has 54 heavy (non-hydrogen) atoms. The molecule has 0 saturated heterocycles. The molecular formula is C48H84O6. The lowest BCUT2D eigenvalue weighted by Crippen LogP contribution is -2.30. The third-order valence-electron chi connectivity index (χ3n) is 9.55. The van der Waals surface area contributed by atoms with Crippen molar-refractivity contribution in [3.05, 3.63) is 48.6 Å². The van der Waals surface area contributed by atoms with Crippen LogP contribution in [-0.2, 0) is 28.6 Å². The van der Waals surface area contributed by atoms with Crippen LogP contribution in [0.15, 0.2) is 48.6 Å². The van der Waals surface area contributed by atoms with Gasteiger partial charge in [-0.05, 0) is 89.9 Å². The van der Waals surface area contributed by atoms with Gasteiger partial charge in [0.25, 0.3) is 0 Å². The van der Waals surface area contributed by atoms with Gasteiger partial charge in [-0.1, -0.05) is 159 Å². The minimum Gasteiger partial charge on any atom is -0.462 e. The van der Waals surface area contributed by atoms with Crippen molar-refractivity contribution in [3.63, 3.8) is 0 Å². The number of esters is 3. The van der Waals surface area contributed by atoms with E-state index in [0.29, 0.717) is 19.3 Å². The molecule has 1 unspecified atom stereocenters. The molecule has 0 heterocycles. The number of hydrogen-bond donors (Lipinski definition) is 0. The Morgan fingerprint density at radius 3 is 1.15 bits per heavy atom. The van der Waals surface area contributed by atoms with Gasteiger partial charge in [0.2, 0.25) is 0 Å². The number of unbranched alkanes of at least 4 members (excludes halogenated alkanes) is 22. The van der Waals surface area contributed by atoms with Gasteiger partial charge in [-0.2, -0.15) is 0 Å². The van der Waals surface area contributed by atoms with E-state index in [2.05, 4.69) is 69.4 Å². The SMILES string of the molecule is CCCC/C=C\C=C/CCCCCC(=O)OCC(COC(=O)CCCCC/C=C\CCCCCCCC)OC(=O)CCCCCCC/C=C\CCCCC. The second-order valence-corrected chi connectivity index (χ2v) is 15.0. The van der Waals surface area contributed by atoms with Gasteiger partial charge in [0.1, 0.15) is 13.2 Å². The van der Waals surface area contributed by atoms with Gasteiger partial charge >= 0.3 is 17.9 Å². The highest BCUT2D eigenvalue weighted by molar-refractivity contribution is 5.71. The minimum atomic E-state index is -0.790. The van der Waals surface area contributed by atoms with Gasteiger partial charge < -0.3 is 14.2 Å². The molecular weight excluding hydrogens is 673 g/mol. The lowest BCUT2D eigenvalue weighted by Gasteiger charge is -2.18. The highest BCUT2D eigenvalue weighted by Crippen LogP contribution is 2.13. The molecule has 0 aromatic carbocycles. The topological polar surface area (TPSA) is 78.9 Å². The molecule has 0 aliphatic carbocycles. The molecule has 0 N–H and O–H groups in total. The normalized spacial score (nSPS) is 12.4. The summed E-state index contributed by atoms with van der Waals surface area (Å²) in [6.07, 6.45) is 49.5. The molecule has 0 amide bonds.